The zero-order valence-corrected chi connectivity index (χ0v) is 47.4. The van der Waals surface area contributed by atoms with Crippen molar-refractivity contribution in [2.45, 2.75) is 78.1 Å². The second kappa shape index (κ2) is 30.4. The molecule has 0 saturated carbocycles. The van der Waals surface area contributed by atoms with Crippen molar-refractivity contribution in [3.05, 3.63) is 82.9 Å². The normalized spacial score (nSPS) is 13.1. The first-order valence-corrected chi connectivity index (χ1v) is 29.3. The molecule has 3 aromatic carbocycles. The molecular weight excluding hydrogens is 953 g/mol. The third-order valence-electron chi connectivity index (χ3n) is 12.9. The minimum absolute atomic E-state index is 0.309. The lowest BCUT2D eigenvalue weighted by Crippen LogP contribution is -2.42. The number of unbranched alkanes of at least 4 members (excludes halogenated alkanes) is 2. The lowest BCUT2D eigenvalue weighted by Gasteiger charge is -2.30. The average molecular weight is 1050 g/mol. The molecule has 406 valence electrons. The molecule has 3 rings (SSSR count). The largest absolute Gasteiger partial charge is 0.748 e. The van der Waals surface area contributed by atoms with Gasteiger partial charge in [-0.3, -0.25) is 0 Å². The van der Waals surface area contributed by atoms with Gasteiger partial charge in [0.05, 0.1) is 155 Å². The Kier molecular flexibility index (Phi) is 26.3. The van der Waals surface area contributed by atoms with Crippen LogP contribution in [0.4, 0.5) is 0 Å². The molecule has 0 spiro atoms. The van der Waals surface area contributed by atoms with Gasteiger partial charge in [-0.05, 0) is 59.4 Å². The van der Waals surface area contributed by atoms with E-state index in [1.807, 2.05) is 58.5 Å². The first-order valence-electron chi connectivity index (χ1n) is 26.2. The Morgan fingerprint density at radius 1 is 0.375 bits per heavy atom. The minimum Gasteiger partial charge on any atom is -0.748 e. The lowest BCUT2D eigenvalue weighted by molar-refractivity contribution is -0.890. The van der Waals surface area contributed by atoms with Crippen LogP contribution in [0.25, 0.3) is 24.3 Å². The Hall–Kier alpha value is -4.00. The maximum absolute atomic E-state index is 11.1. The molecule has 16 heteroatoms. The molecule has 0 aromatic heterocycles. The van der Waals surface area contributed by atoms with Gasteiger partial charge in [0.15, 0.2) is 0 Å². The van der Waals surface area contributed by atoms with Crippen LogP contribution in [0.3, 0.4) is 0 Å². The zero-order valence-electron chi connectivity index (χ0n) is 45.7. The summed E-state index contributed by atoms with van der Waals surface area (Å²) in [6, 6.07) is 20.4. The highest BCUT2D eigenvalue weighted by molar-refractivity contribution is 7.85. The molecule has 3 aromatic rings. The van der Waals surface area contributed by atoms with Crippen LogP contribution in [0.2, 0.25) is 0 Å². The zero-order chi connectivity index (χ0) is 53.3. The lowest BCUT2D eigenvalue weighted by atomic mass is 10.1. The van der Waals surface area contributed by atoms with Crippen LogP contribution in [0, 0.1) is 0 Å². The number of quaternary nitrogens is 4. The predicted octanol–water partition coefficient (Wildman–Crippen LogP) is 8.88. The van der Waals surface area contributed by atoms with E-state index in [9.17, 15) is 25.9 Å². The van der Waals surface area contributed by atoms with Crippen LogP contribution in [-0.4, -0.2) is 191 Å². The second-order valence-corrected chi connectivity index (χ2v) is 25.1. The summed E-state index contributed by atoms with van der Waals surface area (Å²) in [5, 5.41) is 0. The first-order chi connectivity index (χ1) is 33.7. The third kappa shape index (κ3) is 29.0. The van der Waals surface area contributed by atoms with Crippen LogP contribution in [0.5, 0.6) is 23.0 Å². The van der Waals surface area contributed by atoms with E-state index in [1.165, 1.54) is 38.8 Å². The molecule has 0 N–H and O–H groups in total. The molecular formula is C56H92N4O10S2+2. The fourth-order valence-corrected chi connectivity index (χ4v) is 9.47. The van der Waals surface area contributed by atoms with E-state index in [1.54, 1.807) is 0 Å². The summed E-state index contributed by atoms with van der Waals surface area (Å²) in [7, 11) is 8.76. The number of benzene rings is 3. The first kappa shape index (κ1) is 62.3. The number of rotatable bonds is 38. The average Bonchev–Trinajstić information content (AvgIpc) is 3.29. The van der Waals surface area contributed by atoms with Gasteiger partial charge in [0.2, 0.25) is 0 Å². The summed E-state index contributed by atoms with van der Waals surface area (Å²) >= 11 is 0. The van der Waals surface area contributed by atoms with Gasteiger partial charge < -0.3 is 46.0 Å². The van der Waals surface area contributed by atoms with Crippen molar-refractivity contribution in [3.8, 4) is 23.0 Å². The summed E-state index contributed by atoms with van der Waals surface area (Å²) in [6.45, 7) is 13.7. The van der Waals surface area contributed by atoms with E-state index < -0.39 is 20.2 Å². The summed E-state index contributed by atoms with van der Waals surface area (Å²) < 4.78 is 94.9. The number of nitrogens with zero attached hydrogens (tertiary/aromatic N) is 4. The SMILES string of the molecule is CCCC[N+](C)(C)CCCOc1cc(/C=C/c2ccc(/C=C/c3cc(OCCC[N+](C)(C)CCCS(=O)(=O)[O-])cc(OCCC[N+](C)(C)CCCS(=O)(=O)[O-])c3)cc2)cc(OCCC[N+](C)(C)CCCC)c1. The van der Waals surface area contributed by atoms with Crippen molar-refractivity contribution in [2.75, 3.05) is 147 Å². The van der Waals surface area contributed by atoms with Crippen LogP contribution in [0.15, 0.2) is 60.7 Å². The monoisotopic (exact) mass is 1040 g/mol. The van der Waals surface area contributed by atoms with Crippen molar-refractivity contribution in [3.63, 3.8) is 0 Å². The molecule has 0 saturated heterocycles. The Bertz CT molecular complexity index is 2210. The van der Waals surface area contributed by atoms with Gasteiger partial charge >= 0.3 is 0 Å². The topological polar surface area (TPSA) is 151 Å². The van der Waals surface area contributed by atoms with E-state index in [4.69, 9.17) is 18.9 Å². The molecule has 14 nitrogen and oxygen atoms in total. The molecule has 0 radical (unpaired) electrons. The Labute approximate surface area is 436 Å². The van der Waals surface area contributed by atoms with Crippen LogP contribution in [-0.2, 0) is 20.2 Å². The summed E-state index contributed by atoms with van der Waals surface area (Å²) in [6.07, 6.45) is 17.2. The number of hydrogen-bond donors (Lipinski definition) is 0. The van der Waals surface area contributed by atoms with Gasteiger partial charge in [-0.15, -0.1) is 0 Å². The maximum atomic E-state index is 11.1. The fraction of sp³-hybridized carbons (Fsp3) is 0.607. The van der Waals surface area contributed by atoms with Crippen molar-refractivity contribution >= 4 is 44.5 Å². The molecule has 0 heterocycles. The Morgan fingerprint density at radius 2 is 0.611 bits per heavy atom. The highest BCUT2D eigenvalue weighted by Gasteiger charge is 2.18. The van der Waals surface area contributed by atoms with Gasteiger partial charge in [0.25, 0.3) is 0 Å². The number of ether oxygens (including phenoxy) is 4. The van der Waals surface area contributed by atoms with Crippen molar-refractivity contribution < 1.29 is 62.8 Å². The van der Waals surface area contributed by atoms with E-state index in [0.717, 1.165) is 94.6 Å². The summed E-state index contributed by atoms with van der Waals surface area (Å²) in [4.78, 5) is 0. The molecule has 0 aliphatic carbocycles. The van der Waals surface area contributed by atoms with E-state index in [-0.39, 0.29) is 11.5 Å². The van der Waals surface area contributed by atoms with Gasteiger partial charge in [-0.2, -0.15) is 0 Å². The third-order valence-corrected chi connectivity index (χ3v) is 14.5. The molecule has 0 atom stereocenters. The Morgan fingerprint density at radius 3 is 0.861 bits per heavy atom. The number of hydrogen-bond acceptors (Lipinski definition) is 10. The van der Waals surface area contributed by atoms with Crippen molar-refractivity contribution in [2.24, 2.45) is 0 Å². The highest BCUT2D eigenvalue weighted by atomic mass is 32.2. The molecule has 0 aliphatic heterocycles. The van der Waals surface area contributed by atoms with Crippen molar-refractivity contribution in [1.29, 1.82) is 0 Å². The van der Waals surface area contributed by atoms with Gasteiger partial charge in [0, 0.05) is 62.2 Å². The molecule has 0 fully saturated rings. The van der Waals surface area contributed by atoms with Gasteiger partial charge in [0.1, 0.15) is 23.0 Å². The van der Waals surface area contributed by atoms with Gasteiger partial charge in [-0.1, -0.05) is 75.3 Å². The second-order valence-electron chi connectivity index (χ2n) is 22.1. The maximum Gasteiger partial charge on any atom is 0.123 e. The summed E-state index contributed by atoms with van der Waals surface area (Å²) in [5.74, 6) is 2.21. The van der Waals surface area contributed by atoms with E-state index >= 15 is 0 Å². The molecule has 0 bridgehead atoms. The molecule has 0 amide bonds. The molecule has 72 heavy (non-hydrogen) atoms. The van der Waals surface area contributed by atoms with E-state index in [2.05, 4.69) is 96.7 Å². The van der Waals surface area contributed by atoms with Crippen LogP contribution >= 0.6 is 0 Å². The molecule has 0 aliphatic rings. The highest BCUT2D eigenvalue weighted by Crippen LogP contribution is 2.27. The standard InChI is InChI=1S/C56H92N4O10S2/c1-11-13-29-57(3,4)31-15-37-67-53-43-51(44-54(47-53)68-38-16-32-58(5,6)30-14-12-2)27-25-49-21-23-50(24-22-49)26-28-52-45-55(69-39-17-33-59(7,8)35-19-41-71(61,62)63)48-56(46-52)70-40-18-34-60(9,10)36-20-42-72(64,65)66/h21-28,43-48H,11-20,29-42H2,1-10H3/q+2/b27-25+,28-26+. The van der Waals surface area contributed by atoms with Gasteiger partial charge in [-0.25, -0.2) is 16.8 Å². The fourth-order valence-electron chi connectivity index (χ4n) is 8.51. The minimum atomic E-state index is -4.24. The summed E-state index contributed by atoms with van der Waals surface area (Å²) in [5.41, 5.74) is 3.99. The molecule has 0 unspecified atom stereocenters. The quantitative estimate of drug-likeness (QED) is 0.0236. The van der Waals surface area contributed by atoms with Crippen molar-refractivity contribution in [1.82, 2.24) is 0 Å². The smallest absolute Gasteiger partial charge is 0.123 e. The Balaban J connectivity index is 1.74. The van der Waals surface area contributed by atoms with Crippen LogP contribution < -0.4 is 18.9 Å². The van der Waals surface area contributed by atoms with Crippen LogP contribution in [0.1, 0.15) is 100 Å². The van der Waals surface area contributed by atoms with E-state index in [0.29, 0.717) is 72.8 Å². The predicted molar refractivity (Wildman–Crippen MR) is 293 cm³/mol.